The molecule has 0 bridgehead atoms. The number of nitrogens with zero attached hydrogens (tertiary/aromatic N) is 1. The van der Waals surface area contributed by atoms with E-state index in [2.05, 4.69) is 0 Å². The minimum Gasteiger partial charge on any atom is -0.497 e. The Labute approximate surface area is 122 Å². The Kier molecular flexibility index (Phi) is 4.42. The monoisotopic (exact) mass is 283 g/mol. The first-order valence-electron chi connectivity index (χ1n) is 6.19. The van der Waals surface area contributed by atoms with Crippen molar-refractivity contribution in [1.29, 1.82) is 5.26 Å². The zero-order chi connectivity index (χ0) is 15.2. The maximum absolute atomic E-state index is 10.9. The molecule has 0 atom stereocenters. The van der Waals surface area contributed by atoms with Gasteiger partial charge in [0.25, 0.3) is 0 Å². The van der Waals surface area contributed by atoms with Crippen molar-refractivity contribution < 1.29 is 19.4 Å². The molecule has 2 aromatic rings. The van der Waals surface area contributed by atoms with E-state index in [0.717, 1.165) is 0 Å². The maximum atomic E-state index is 10.9. The van der Waals surface area contributed by atoms with Crippen LogP contribution in [0.5, 0.6) is 17.2 Å². The quantitative estimate of drug-likeness (QED) is 0.912. The van der Waals surface area contributed by atoms with E-state index in [1.54, 1.807) is 42.5 Å². The highest BCUT2D eigenvalue weighted by Gasteiger charge is 2.11. The second-order valence-electron chi connectivity index (χ2n) is 4.25. The number of aliphatic carboxylic acids is 1. The number of benzene rings is 2. The smallest absolute Gasteiger partial charge is 0.307 e. The predicted octanol–water partition coefficient (Wildman–Crippen LogP) is 2.99. The standard InChI is InChI=1S/C16H13NO4/c1-20-13-7-6-12(10-17)15(9-13)21-14-5-3-2-4-11(14)8-16(18)19/h2-7,9H,8H2,1H3,(H,18,19). The van der Waals surface area contributed by atoms with Gasteiger partial charge in [0.15, 0.2) is 0 Å². The topological polar surface area (TPSA) is 79.5 Å². The summed E-state index contributed by atoms with van der Waals surface area (Å²) in [7, 11) is 1.52. The van der Waals surface area contributed by atoms with Crippen LogP contribution in [0.4, 0.5) is 0 Å². The Hall–Kier alpha value is -3.00. The van der Waals surface area contributed by atoms with Crippen molar-refractivity contribution in [2.45, 2.75) is 6.42 Å². The molecular weight excluding hydrogens is 270 g/mol. The molecule has 0 saturated carbocycles. The molecule has 0 spiro atoms. The summed E-state index contributed by atoms with van der Waals surface area (Å²) < 4.78 is 10.8. The van der Waals surface area contributed by atoms with Gasteiger partial charge in [0, 0.05) is 11.6 Å². The molecule has 0 saturated heterocycles. The first kappa shape index (κ1) is 14.4. The third-order valence-corrected chi connectivity index (χ3v) is 2.84. The Morgan fingerprint density at radius 2 is 2.00 bits per heavy atom. The van der Waals surface area contributed by atoms with Gasteiger partial charge in [0.05, 0.1) is 19.1 Å². The normalized spacial score (nSPS) is 9.71. The van der Waals surface area contributed by atoms with Crippen molar-refractivity contribution in [1.82, 2.24) is 0 Å². The highest BCUT2D eigenvalue weighted by Crippen LogP contribution is 2.31. The van der Waals surface area contributed by atoms with Crippen LogP contribution in [0.15, 0.2) is 42.5 Å². The third-order valence-electron chi connectivity index (χ3n) is 2.84. The molecule has 0 aliphatic heterocycles. The fourth-order valence-corrected chi connectivity index (χ4v) is 1.84. The minimum absolute atomic E-state index is 0.151. The molecule has 1 N–H and O–H groups in total. The van der Waals surface area contributed by atoms with Gasteiger partial charge in [-0.15, -0.1) is 0 Å². The molecule has 2 aromatic carbocycles. The number of hydrogen-bond acceptors (Lipinski definition) is 4. The van der Waals surface area contributed by atoms with E-state index in [4.69, 9.17) is 19.8 Å². The summed E-state index contributed by atoms with van der Waals surface area (Å²) >= 11 is 0. The predicted molar refractivity (Wildman–Crippen MR) is 75.6 cm³/mol. The van der Waals surface area contributed by atoms with Crippen molar-refractivity contribution >= 4 is 5.97 Å². The molecule has 0 heterocycles. The van der Waals surface area contributed by atoms with Gasteiger partial charge in [0.2, 0.25) is 0 Å². The van der Waals surface area contributed by atoms with E-state index in [9.17, 15) is 4.79 Å². The highest BCUT2D eigenvalue weighted by atomic mass is 16.5. The summed E-state index contributed by atoms with van der Waals surface area (Å²) in [6, 6.07) is 13.7. The molecule has 0 unspecified atom stereocenters. The summed E-state index contributed by atoms with van der Waals surface area (Å²) in [5.41, 5.74) is 0.887. The summed E-state index contributed by atoms with van der Waals surface area (Å²) in [6.07, 6.45) is -0.151. The van der Waals surface area contributed by atoms with Crippen LogP contribution in [-0.4, -0.2) is 18.2 Å². The third kappa shape index (κ3) is 3.51. The molecule has 0 aromatic heterocycles. The Morgan fingerprint density at radius 3 is 2.67 bits per heavy atom. The van der Waals surface area contributed by atoms with Crippen LogP contribution in [0.2, 0.25) is 0 Å². The van der Waals surface area contributed by atoms with E-state index in [1.807, 2.05) is 6.07 Å². The molecule has 5 nitrogen and oxygen atoms in total. The van der Waals surface area contributed by atoms with Gasteiger partial charge in [-0.25, -0.2) is 0 Å². The summed E-state index contributed by atoms with van der Waals surface area (Å²) in [5, 5.41) is 18.0. The van der Waals surface area contributed by atoms with Gasteiger partial charge >= 0.3 is 5.97 Å². The minimum atomic E-state index is -0.947. The van der Waals surface area contributed by atoms with Crippen LogP contribution in [0.25, 0.3) is 0 Å². The number of nitriles is 1. The molecule has 0 amide bonds. The fourth-order valence-electron chi connectivity index (χ4n) is 1.84. The molecule has 2 rings (SSSR count). The number of carboxylic acids is 1. The molecule has 5 heteroatoms. The van der Waals surface area contributed by atoms with Gasteiger partial charge < -0.3 is 14.6 Å². The van der Waals surface area contributed by atoms with E-state index < -0.39 is 5.97 Å². The maximum Gasteiger partial charge on any atom is 0.307 e. The second kappa shape index (κ2) is 6.44. The van der Waals surface area contributed by atoms with Crippen molar-refractivity contribution in [2.24, 2.45) is 0 Å². The molecule has 21 heavy (non-hydrogen) atoms. The first-order valence-corrected chi connectivity index (χ1v) is 6.19. The Bertz CT molecular complexity index is 704. The second-order valence-corrected chi connectivity index (χ2v) is 4.25. The van der Waals surface area contributed by atoms with Gasteiger partial charge in [0.1, 0.15) is 23.3 Å². The number of carbonyl (C=O) groups is 1. The summed E-state index contributed by atoms with van der Waals surface area (Å²) in [6.45, 7) is 0. The number of rotatable bonds is 5. The fraction of sp³-hybridized carbons (Fsp3) is 0.125. The van der Waals surface area contributed by atoms with E-state index >= 15 is 0 Å². The van der Waals surface area contributed by atoms with Gasteiger partial charge in [-0.2, -0.15) is 5.26 Å². The van der Waals surface area contributed by atoms with Gasteiger partial charge in [-0.1, -0.05) is 18.2 Å². The lowest BCUT2D eigenvalue weighted by molar-refractivity contribution is -0.136. The zero-order valence-electron chi connectivity index (χ0n) is 11.4. The lowest BCUT2D eigenvalue weighted by Crippen LogP contribution is -2.02. The SMILES string of the molecule is COc1ccc(C#N)c(Oc2ccccc2CC(=O)O)c1. The van der Waals surface area contributed by atoms with E-state index in [1.165, 1.54) is 7.11 Å². The van der Waals surface area contributed by atoms with Crippen LogP contribution in [-0.2, 0) is 11.2 Å². The molecule has 0 aliphatic carbocycles. The number of hydrogen-bond donors (Lipinski definition) is 1. The van der Waals surface area contributed by atoms with E-state index in [-0.39, 0.29) is 6.42 Å². The highest BCUT2D eigenvalue weighted by molar-refractivity contribution is 5.71. The molecule has 106 valence electrons. The molecule has 0 aliphatic rings. The summed E-state index contributed by atoms with van der Waals surface area (Å²) in [4.78, 5) is 10.9. The number of ether oxygens (including phenoxy) is 2. The number of methoxy groups -OCH3 is 1. The first-order chi connectivity index (χ1) is 10.1. The lowest BCUT2D eigenvalue weighted by Gasteiger charge is -2.12. The van der Waals surface area contributed by atoms with Crippen LogP contribution < -0.4 is 9.47 Å². The summed E-state index contributed by atoms with van der Waals surface area (Å²) in [5.74, 6) is 0.344. The van der Waals surface area contributed by atoms with Crippen LogP contribution in [0.3, 0.4) is 0 Å². The van der Waals surface area contributed by atoms with Crippen molar-refractivity contribution in [3.05, 3.63) is 53.6 Å². The van der Waals surface area contributed by atoms with Crippen LogP contribution >= 0.6 is 0 Å². The average Bonchev–Trinajstić information content (AvgIpc) is 2.48. The molecule has 0 fully saturated rings. The number of para-hydroxylation sites is 1. The Morgan fingerprint density at radius 1 is 1.24 bits per heavy atom. The molecule has 0 radical (unpaired) electrons. The zero-order valence-corrected chi connectivity index (χ0v) is 11.4. The van der Waals surface area contributed by atoms with Crippen LogP contribution in [0, 0.1) is 11.3 Å². The van der Waals surface area contributed by atoms with Crippen molar-refractivity contribution in [3.8, 4) is 23.3 Å². The average molecular weight is 283 g/mol. The van der Waals surface area contributed by atoms with Crippen molar-refractivity contribution in [3.63, 3.8) is 0 Å². The lowest BCUT2D eigenvalue weighted by atomic mass is 10.1. The van der Waals surface area contributed by atoms with Crippen LogP contribution in [0.1, 0.15) is 11.1 Å². The van der Waals surface area contributed by atoms with Gasteiger partial charge in [-0.3, -0.25) is 4.79 Å². The van der Waals surface area contributed by atoms with Gasteiger partial charge in [-0.05, 0) is 18.2 Å². The van der Waals surface area contributed by atoms with E-state index in [0.29, 0.717) is 28.4 Å². The Balaban J connectivity index is 2.38. The largest absolute Gasteiger partial charge is 0.497 e. The molecular formula is C16H13NO4. The number of carboxylic acid groups (broad SMARTS) is 1. The van der Waals surface area contributed by atoms with Crippen molar-refractivity contribution in [2.75, 3.05) is 7.11 Å².